The Morgan fingerprint density at radius 1 is 1.00 bits per heavy atom. The quantitative estimate of drug-likeness (QED) is 0.290. The topological polar surface area (TPSA) is 119 Å². The predicted octanol–water partition coefficient (Wildman–Crippen LogP) is 1.83. The predicted molar refractivity (Wildman–Crippen MR) is 109 cm³/mol. The van der Waals surface area contributed by atoms with Crippen molar-refractivity contribution < 1.29 is 33.4 Å². The Kier molecular flexibility index (Phi) is 8.97. The molecule has 0 fully saturated rings. The molecule has 1 aliphatic heterocycles. The number of rotatable bonds is 11. The molecule has 1 aromatic rings. The molecule has 30 heavy (non-hydrogen) atoms. The van der Waals surface area contributed by atoms with Gasteiger partial charge in [-0.15, -0.1) is 0 Å². The number of nitrogens with one attached hydrogen (secondary N) is 1. The molecular weight excluding hydrogens is 460 g/mol. The molecule has 1 aliphatic rings. The van der Waals surface area contributed by atoms with Crippen molar-refractivity contribution in [1.29, 1.82) is 0 Å². The minimum absolute atomic E-state index is 0.0345. The SMILES string of the molecule is CCOC(=O)CCCNC(=O)COC(=O)CCCN1C(=O)c2ccc(Br)cc2C1=O. The van der Waals surface area contributed by atoms with Gasteiger partial charge >= 0.3 is 11.9 Å². The van der Waals surface area contributed by atoms with Crippen LogP contribution in [0.15, 0.2) is 22.7 Å². The summed E-state index contributed by atoms with van der Waals surface area (Å²) in [7, 11) is 0. The zero-order chi connectivity index (χ0) is 22.1. The van der Waals surface area contributed by atoms with Crippen LogP contribution in [0.3, 0.4) is 0 Å². The van der Waals surface area contributed by atoms with E-state index in [4.69, 9.17) is 9.47 Å². The Morgan fingerprint density at radius 2 is 1.67 bits per heavy atom. The summed E-state index contributed by atoms with van der Waals surface area (Å²) >= 11 is 3.27. The van der Waals surface area contributed by atoms with E-state index in [0.717, 1.165) is 4.90 Å². The number of halogens is 1. The molecule has 162 valence electrons. The first-order valence-corrected chi connectivity index (χ1v) is 10.4. The monoisotopic (exact) mass is 482 g/mol. The van der Waals surface area contributed by atoms with Crippen LogP contribution < -0.4 is 5.32 Å². The van der Waals surface area contributed by atoms with Gasteiger partial charge in [-0.2, -0.15) is 0 Å². The minimum atomic E-state index is -0.601. The van der Waals surface area contributed by atoms with Gasteiger partial charge in [0.1, 0.15) is 0 Å². The van der Waals surface area contributed by atoms with Crippen molar-refractivity contribution >= 4 is 45.6 Å². The largest absolute Gasteiger partial charge is 0.466 e. The summed E-state index contributed by atoms with van der Waals surface area (Å²) in [5.74, 6) is -2.19. The van der Waals surface area contributed by atoms with Crippen LogP contribution >= 0.6 is 15.9 Å². The Hall–Kier alpha value is -2.75. The van der Waals surface area contributed by atoms with Crippen LogP contribution in [0, 0.1) is 0 Å². The summed E-state index contributed by atoms with van der Waals surface area (Å²) in [6, 6.07) is 4.86. The molecule has 0 saturated heterocycles. The molecule has 1 heterocycles. The standard InChI is InChI=1S/C20H23BrN2O7/c1-2-29-17(25)5-3-9-22-16(24)12-30-18(26)6-4-10-23-19(27)14-8-7-13(21)11-15(14)20(23)28/h7-8,11H,2-6,9-10,12H2,1H3,(H,22,24). The molecule has 0 spiro atoms. The van der Waals surface area contributed by atoms with E-state index in [-0.39, 0.29) is 38.3 Å². The average molecular weight is 483 g/mol. The second kappa shape index (κ2) is 11.4. The number of amides is 3. The molecule has 2 rings (SSSR count). The molecular formula is C20H23BrN2O7. The molecule has 0 atom stereocenters. The highest BCUT2D eigenvalue weighted by atomic mass is 79.9. The molecule has 1 N–H and O–H groups in total. The Balaban J connectivity index is 1.63. The molecule has 0 saturated carbocycles. The van der Waals surface area contributed by atoms with E-state index in [1.807, 2.05) is 0 Å². The van der Waals surface area contributed by atoms with Crippen LogP contribution in [0.5, 0.6) is 0 Å². The van der Waals surface area contributed by atoms with Crippen molar-refractivity contribution in [2.24, 2.45) is 0 Å². The van der Waals surface area contributed by atoms with E-state index in [1.54, 1.807) is 25.1 Å². The molecule has 10 heteroatoms. The number of benzene rings is 1. The fourth-order valence-electron chi connectivity index (χ4n) is 2.81. The van der Waals surface area contributed by atoms with Crippen molar-refractivity contribution in [3.05, 3.63) is 33.8 Å². The molecule has 0 radical (unpaired) electrons. The lowest BCUT2D eigenvalue weighted by Crippen LogP contribution is -2.31. The van der Waals surface area contributed by atoms with Gasteiger partial charge in [-0.05, 0) is 38.0 Å². The summed E-state index contributed by atoms with van der Waals surface area (Å²) in [5, 5.41) is 2.54. The van der Waals surface area contributed by atoms with Crippen LogP contribution in [-0.4, -0.2) is 60.9 Å². The highest BCUT2D eigenvalue weighted by Gasteiger charge is 2.35. The zero-order valence-corrected chi connectivity index (χ0v) is 18.2. The van der Waals surface area contributed by atoms with Crippen LogP contribution in [0.25, 0.3) is 0 Å². The molecule has 1 aromatic carbocycles. The number of carbonyl (C=O) groups excluding carboxylic acids is 5. The van der Waals surface area contributed by atoms with E-state index >= 15 is 0 Å². The van der Waals surface area contributed by atoms with Gasteiger partial charge in [0, 0.05) is 30.4 Å². The Bertz CT molecular complexity index is 840. The first kappa shape index (κ1) is 23.5. The third kappa shape index (κ3) is 6.65. The number of hydrogen-bond acceptors (Lipinski definition) is 7. The number of esters is 2. The summed E-state index contributed by atoms with van der Waals surface area (Å²) in [4.78, 5) is 60.3. The molecule has 0 bridgehead atoms. The van der Waals surface area contributed by atoms with E-state index in [2.05, 4.69) is 21.2 Å². The number of ether oxygens (including phenoxy) is 2. The second-order valence-electron chi connectivity index (χ2n) is 6.47. The van der Waals surface area contributed by atoms with Crippen molar-refractivity contribution in [2.75, 3.05) is 26.3 Å². The van der Waals surface area contributed by atoms with Gasteiger partial charge < -0.3 is 14.8 Å². The van der Waals surface area contributed by atoms with Crippen molar-refractivity contribution in [3.8, 4) is 0 Å². The van der Waals surface area contributed by atoms with E-state index < -0.39 is 30.3 Å². The van der Waals surface area contributed by atoms with Crippen molar-refractivity contribution in [2.45, 2.75) is 32.6 Å². The number of imide groups is 1. The first-order chi connectivity index (χ1) is 14.3. The maximum atomic E-state index is 12.3. The van der Waals surface area contributed by atoms with Gasteiger partial charge in [-0.3, -0.25) is 28.9 Å². The van der Waals surface area contributed by atoms with E-state index in [9.17, 15) is 24.0 Å². The molecule has 9 nitrogen and oxygen atoms in total. The number of nitrogens with zero attached hydrogens (tertiary/aromatic N) is 1. The summed E-state index contributed by atoms with van der Waals surface area (Å²) in [5.41, 5.74) is 0.669. The van der Waals surface area contributed by atoms with E-state index in [1.165, 1.54) is 0 Å². The summed E-state index contributed by atoms with van der Waals surface area (Å²) in [6.45, 7) is 1.95. The fourth-order valence-corrected chi connectivity index (χ4v) is 3.17. The molecule has 0 aliphatic carbocycles. The molecule has 3 amide bonds. The maximum absolute atomic E-state index is 12.3. The maximum Gasteiger partial charge on any atom is 0.306 e. The van der Waals surface area contributed by atoms with Gasteiger partial charge in [0.05, 0.1) is 17.7 Å². The normalized spacial score (nSPS) is 12.5. The number of hydrogen-bond donors (Lipinski definition) is 1. The number of carbonyl (C=O) groups is 5. The Labute approximate surface area is 182 Å². The van der Waals surface area contributed by atoms with E-state index in [0.29, 0.717) is 28.6 Å². The smallest absolute Gasteiger partial charge is 0.306 e. The highest BCUT2D eigenvalue weighted by Crippen LogP contribution is 2.26. The third-order valence-electron chi connectivity index (χ3n) is 4.24. The van der Waals surface area contributed by atoms with Crippen molar-refractivity contribution in [1.82, 2.24) is 10.2 Å². The lowest BCUT2D eigenvalue weighted by Gasteiger charge is -2.13. The second-order valence-corrected chi connectivity index (χ2v) is 7.39. The van der Waals surface area contributed by atoms with Crippen molar-refractivity contribution in [3.63, 3.8) is 0 Å². The summed E-state index contributed by atoms with van der Waals surface area (Å²) in [6.07, 6.45) is 0.817. The minimum Gasteiger partial charge on any atom is -0.466 e. The lowest BCUT2D eigenvalue weighted by atomic mass is 10.1. The summed E-state index contributed by atoms with van der Waals surface area (Å²) < 4.78 is 10.4. The Morgan fingerprint density at radius 3 is 2.40 bits per heavy atom. The van der Waals surface area contributed by atoms with Gasteiger partial charge in [0.2, 0.25) is 0 Å². The zero-order valence-electron chi connectivity index (χ0n) is 16.6. The molecule has 0 unspecified atom stereocenters. The van der Waals surface area contributed by atoms with Gasteiger partial charge in [0.25, 0.3) is 17.7 Å². The van der Waals surface area contributed by atoms with Gasteiger partial charge in [-0.1, -0.05) is 15.9 Å². The lowest BCUT2D eigenvalue weighted by molar-refractivity contribution is -0.148. The van der Waals surface area contributed by atoms with Gasteiger partial charge in [0.15, 0.2) is 6.61 Å². The van der Waals surface area contributed by atoms with Crippen LogP contribution in [0.1, 0.15) is 53.3 Å². The fraction of sp³-hybridized carbons (Fsp3) is 0.450. The average Bonchev–Trinajstić information content (AvgIpc) is 2.94. The highest BCUT2D eigenvalue weighted by molar-refractivity contribution is 9.10. The third-order valence-corrected chi connectivity index (χ3v) is 4.74. The van der Waals surface area contributed by atoms with Crippen LogP contribution in [-0.2, 0) is 23.9 Å². The first-order valence-electron chi connectivity index (χ1n) is 9.57. The molecule has 0 aromatic heterocycles. The van der Waals surface area contributed by atoms with Crippen LogP contribution in [0.4, 0.5) is 0 Å². The van der Waals surface area contributed by atoms with Gasteiger partial charge in [-0.25, -0.2) is 0 Å². The van der Waals surface area contributed by atoms with Crippen LogP contribution in [0.2, 0.25) is 0 Å². The number of fused-ring (bicyclic) bond motifs is 1.